The van der Waals surface area contributed by atoms with E-state index in [-0.39, 0.29) is 29.0 Å². The van der Waals surface area contributed by atoms with Crippen molar-refractivity contribution in [3.8, 4) is 0 Å². The largest absolute Gasteiger partial charge is 0.383 e. The van der Waals surface area contributed by atoms with Crippen LogP contribution in [0.4, 0.5) is 10.1 Å². The molecule has 2 aromatic carbocycles. The molecule has 0 saturated heterocycles. The van der Waals surface area contributed by atoms with E-state index in [0.717, 1.165) is 43.4 Å². The number of fused-ring (bicyclic) bond motifs is 2. The molecule has 2 amide bonds. The lowest BCUT2D eigenvalue weighted by atomic mass is 10.1. The molecule has 1 aliphatic rings. The van der Waals surface area contributed by atoms with Gasteiger partial charge < -0.3 is 15.5 Å². The number of hydrogen-bond donors (Lipinski definition) is 4. The van der Waals surface area contributed by atoms with Gasteiger partial charge in [-0.15, -0.1) is 0 Å². The highest BCUT2D eigenvalue weighted by atomic mass is 19.1. The molecule has 0 saturated carbocycles. The number of allylic oxidation sites excluding steroid dienone is 1. The number of amides is 2. The molecular weight excluding hydrogens is 539 g/mol. The van der Waals surface area contributed by atoms with Crippen LogP contribution >= 0.6 is 0 Å². The van der Waals surface area contributed by atoms with Crippen molar-refractivity contribution >= 4 is 40.1 Å². The van der Waals surface area contributed by atoms with Crippen LogP contribution in [-0.2, 0) is 11.3 Å². The van der Waals surface area contributed by atoms with Gasteiger partial charge in [0, 0.05) is 31.6 Å². The van der Waals surface area contributed by atoms with E-state index in [1.165, 1.54) is 6.07 Å². The average Bonchev–Trinajstić information content (AvgIpc) is 3.37. The van der Waals surface area contributed by atoms with Crippen LogP contribution in [-0.4, -0.2) is 65.2 Å². The molecule has 0 fully saturated rings. The zero-order chi connectivity index (χ0) is 30.1. The Morgan fingerprint density at radius 1 is 1.07 bits per heavy atom. The van der Waals surface area contributed by atoms with Crippen molar-refractivity contribution in [3.63, 3.8) is 0 Å². The molecule has 0 bridgehead atoms. The molecule has 1 aliphatic heterocycles. The minimum absolute atomic E-state index is 0.109. The van der Waals surface area contributed by atoms with Crippen LogP contribution in [0.1, 0.15) is 66.7 Å². The number of unbranched alkanes of at least 4 members (excludes halogenated alkanes) is 3. The summed E-state index contributed by atoms with van der Waals surface area (Å²) in [5.41, 5.74) is 4.46. The third kappa shape index (κ3) is 8.01. The minimum Gasteiger partial charge on any atom is -0.383 e. The maximum absolute atomic E-state index is 14.8. The molecular formula is C31H39FN6O4. The molecule has 0 unspecified atom stereocenters. The normalized spacial score (nSPS) is 13.5. The summed E-state index contributed by atoms with van der Waals surface area (Å²) in [5.74, 6) is -0.442. The van der Waals surface area contributed by atoms with E-state index in [1.807, 2.05) is 32.3 Å². The van der Waals surface area contributed by atoms with Crippen molar-refractivity contribution in [1.29, 1.82) is 0 Å². The van der Waals surface area contributed by atoms with E-state index in [2.05, 4.69) is 15.5 Å². The number of hydroxylamine groups is 1. The quantitative estimate of drug-likeness (QED) is 0.129. The van der Waals surface area contributed by atoms with Gasteiger partial charge in [0.15, 0.2) is 0 Å². The number of carbonyl (C=O) groups is 2. The van der Waals surface area contributed by atoms with Crippen LogP contribution in [0.2, 0.25) is 0 Å². The Morgan fingerprint density at radius 2 is 1.83 bits per heavy atom. The Balaban J connectivity index is 1.42. The van der Waals surface area contributed by atoms with Gasteiger partial charge >= 0.3 is 0 Å². The number of nitrogens with zero attached hydrogens (tertiary/aromatic N) is 3. The van der Waals surface area contributed by atoms with Gasteiger partial charge in [-0.1, -0.05) is 25.0 Å². The van der Waals surface area contributed by atoms with Crippen LogP contribution < -0.4 is 21.7 Å². The first-order chi connectivity index (χ1) is 20.3. The highest BCUT2D eigenvalue weighted by molar-refractivity contribution is 5.94. The Labute approximate surface area is 244 Å². The summed E-state index contributed by atoms with van der Waals surface area (Å²) in [4.78, 5) is 43.5. The van der Waals surface area contributed by atoms with Crippen molar-refractivity contribution in [2.75, 3.05) is 39.0 Å². The predicted octanol–water partition coefficient (Wildman–Crippen LogP) is 4.03. The first kappa shape index (κ1) is 30.9. The highest BCUT2D eigenvalue weighted by Gasteiger charge is 2.22. The average molecular weight is 579 g/mol. The van der Waals surface area contributed by atoms with Crippen molar-refractivity contribution in [3.05, 3.63) is 69.5 Å². The third-order valence-electron chi connectivity index (χ3n) is 7.29. The number of anilines is 1. The molecule has 1 aromatic heterocycles. The van der Waals surface area contributed by atoms with Gasteiger partial charge in [0.1, 0.15) is 11.6 Å². The Morgan fingerprint density at radius 3 is 2.57 bits per heavy atom. The van der Waals surface area contributed by atoms with Crippen LogP contribution in [0.15, 0.2) is 41.2 Å². The van der Waals surface area contributed by atoms with Gasteiger partial charge in [-0.05, 0) is 87.8 Å². The number of carbonyl (C=O) groups excluding carboxylic acids is 2. The van der Waals surface area contributed by atoms with Crippen LogP contribution in [0.25, 0.3) is 22.6 Å². The summed E-state index contributed by atoms with van der Waals surface area (Å²) in [5, 5.41) is 14.8. The van der Waals surface area contributed by atoms with Gasteiger partial charge in [0.05, 0.1) is 16.6 Å². The smallest absolute Gasteiger partial charge is 0.261 e. The lowest BCUT2D eigenvalue weighted by molar-refractivity contribution is -0.129. The number of rotatable bonds is 14. The highest BCUT2D eigenvalue weighted by Crippen LogP contribution is 2.29. The second kappa shape index (κ2) is 14.7. The molecule has 42 heavy (non-hydrogen) atoms. The van der Waals surface area contributed by atoms with Crippen LogP contribution in [0.3, 0.4) is 0 Å². The molecule has 4 N–H and O–H groups in total. The van der Waals surface area contributed by atoms with E-state index in [4.69, 9.17) is 10.2 Å². The minimum atomic E-state index is -0.503. The molecule has 224 valence electrons. The van der Waals surface area contributed by atoms with E-state index >= 15 is 0 Å². The second-order valence-corrected chi connectivity index (χ2v) is 10.8. The zero-order valence-corrected chi connectivity index (χ0v) is 24.2. The zero-order valence-electron chi connectivity index (χ0n) is 24.2. The van der Waals surface area contributed by atoms with Gasteiger partial charge in [0.25, 0.3) is 11.5 Å². The Bertz CT molecular complexity index is 1500. The van der Waals surface area contributed by atoms with Gasteiger partial charge in [-0.25, -0.2) is 14.9 Å². The van der Waals surface area contributed by atoms with E-state index in [9.17, 15) is 18.8 Å². The lowest BCUT2D eigenvalue weighted by Gasteiger charge is -2.11. The summed E-state index contributed by atoms with van der Waals surface area (Å²) in [6, 6.07) is 10.2. The first-order valence-electron chi connectivity index (χ1n) is 14.4. The fourth-order valence-electron chi connectivity index (χ4n) is 4.98. The number of halogens is 1. The predicted molar refractivity (Wildman–Crippen MR) is 162 cm³/mol. The fourth-order valence-corrected chi connectivity index (χ4v) is 4.98. The van der Waals surface area contributed by atoms with Crippen molar-refractivity contribution < 1.29 is 19.2 Å². The molecule has 4 rings (SSSR count). The maximum atomic E-state index is 14.8. The molecule has 3 aromatic rings. The Hall–Kier alpha value is -4.09. The van der Waals surface area contributed by atoms with Crippen molar-refractivity contribution in [1.82, 2.24) is 25.2 Å². The van der Waals surface area contributed by atoms with Crippen LogP contribution in [0.5, 0.6) is 0 Å². The number of hydrogen-bond acceptors (Lipinski definition) is 7. The molecule has 11 heteroatoms. The third-order valence-corrected chi connectivity index (χ3v) is 7.29. The molecule has 10 nitrogen and oxygen atoms in total. The lowest BCUT2D eigenvalue weighted by Crippen LogP contribution is -2.27. The topological polar surface area (TPSA) is 129 Å². The van der Waals surface area contributed by atoms with Crippen molar-refractivity contribution in [2.24, 2.45) is 0 Å². The van der Waals surface area contributed by atoms with Crippen LogP contribution in [0, 0.1) is 5.82 Å². The molecule has 2 heterocycles. The summed E-state index contributed by atoms with van der Waals surface area (Å²) < 4.78 is 16.4. The second-order valence-electron chi connectivity index (χ2n) is 10.8. The Kier molecular flexibility index (Phi) is 10.8. The maximum Gasteiger partial charge on any atom is 0.261 e. The van der Waals surface area contributed by atoms with Gasteiger partial charge in [-0.3, -0.25) is 24.2 Å². The molecule has 0 spiro atoms. The number of aromatic nitrogens is 2. The van der Waals surface area contributed by atoms with Crippen molar-refractivity contribution in [2.45, 2.75) is 51.5 Å². The van der Waals surface area contributed by atoms with E-state index in [0.29, 0.717) is 49.4 Å². The number of benzene rings is 2. The monoisotopic (exact) mass is 578 g/mol. The van der Waals surface area contributed by atoms with Gasteiger partial charge in [-0.2, -0.15) is 0 Å². The van der Waals surface area contributed by atoms with E-state index < -0.39 is 11.7 Å². The van der Waals surface area contributed by atoms with Gasteiger partial charge in [0.2, 0.25) is 5.91 Å². The summed E-state index contributed by atoms with van der Waals surface area (Å²) >= 11 is 0. The first-order valence-corrected chi connectivity index (χ1v) is 14.4. The molecule has 0 radical (unpaired) electrons. The summed E-state index contributed by atoms with van der Waals surface area (Å²) in [6.07, 6.45) is 6.87. The summed E-state index contributed by atoms with van der Waals surface area (Å²) in [6.45, 7) is 2.53. The molecule has 0 aliphatic carbocycles. The number of nitrogens with one attached hydrogen (secondary N) is 3. The SMILES string of the molecule is CN(C)CCCNC(=O)c1ccc(C=C2CCn3c2nc2cc(NCCCCCCC(=O)NO)c(F)cc2c3=O)cc1. The summed E-state index contributed by atoms with van der Waals surface area (Å²) in [7, 11) is 4.00. The standard InChI is InChI=1S/C31H39FN6O4/c1-37(2)16-7-15-34-30(40)22-11-9-21(10-12-22)18-23-13-17-38-29(23)35-26-20-27(25(32)19-24(26)31(38)41)33-14-6-4-3-5-8-28(39)36-42/h9-12,18-20,33,42H,3-8,13-17H2,1-2H3,(H,34,40)(H,36,39). The molecule has 0 atom stereocenters. The van der Waals surface area contributed by atoms with E-state index in [1.54, 1.807) is 28.2 Å². The fraction of sp³-hybridized carbons (Fsp3) is 0.419.